The lowest BCUT2D eigenvalue weighted by atomic mass is 10.1. The second kappa shape index (κ2) is 9.23. The molecule has 2 aromatic rings. The van der Waals surface area contributed by atoms with Gasteiger partial charge in [-0.2, -0.15) is 26.3 Å². The molecule has 0 aromatic heterocycles. The van der Waals surface area contributed by atoms with Crippen LogP contribution in [0, 0.1) is 0 Å². The molecule has 0 saturated carbocycles. The van der Waals surface area contributed by atoms with E-state index >= 15 is 0 Å². The summed E-state index contributed by atoms with van der Waals surface area (Å²) in [4.78, 5) is 12.1. The van der Waals surface area contributed by atoms with Crippen LogP contribution in [0.4, 0.5) is 32.0 Å². The van der Waals surface area contributed by atoms with Crippen molar-refractivity contribution in [2.24, 2.45) is 0 Å². The van der Waals surface area contributed by atoms with Gasteiger partial charge in [0.25, 0.3) is 5.91 Å². The molecule has 0 bridgehead atoms. The standard InChI is InChI=1S/C19H17F6NO5/c1-28-14-7-12(8-15(29-2)17(14)30-3)26-16(27)9-31-13-5-10(18(20,21)22)4-11(6-13)19(23,24)25/h4-8H,9H2,1-3H3,(H,26,27). The van der Waals surface area contributed by atoms with E-state index in [1.807, 2.05) is 0 Å². The second-order valence-corrected chi connectivity index (χ2v) is 5.99. The number of hydrogen-bond acceptors (Lipinski definition) is 5. The zero-order chi connectivity index (χ0) is 23.4. The van der Waals surface area contributed by atoms with Crippen LogP contribution in [-0.4, -0.2) is 33.8 Å². The van der Waals surface area contributed by atoms with Crippen LogP contribution in [0.1, 0.15) is 11.1 Å². The number of alkyl halides is 6. The van der Waals surface area contributed by atoms with Crippen molar-refractivity contribution in [3.8, 4) is 23.0 Å². The van der Waals surface area contributed by atoms with Crippen LogP contribution in [0.15, 0.2) is 30.3 Å². The van der Waals surface area contributed by atoms with Crippen molar-refractivity contribution in [2.75, 3.05) is 33.3 Å². The highest BCUT2D eigenvalue weighted by Gasteiger charge is 2.37. The van der Waals surface area contributed by atoms with Crippen molar-refractivity contribution in [3.63, 3.8) is 0 Å². The van der Waals surface area contributed by atoms with E-state index in [0.717, 1.165) is 0 Å². The number of nitrogens with one attached hydrogen (secondary N) is 1. The molecule has 2 aromatic carbocycles. The van der Waals surface area contributed by atoms with Gasteiger partial charge in [0.15, 0.2) is 18.1 Å². The van der Waals surface area contributed by atoms with Gasteiger partial charge in [0.2, 0.25) is 5.75 Å². The quantitative estimate of drug-likeness (QED) is 0.612. The average molecular weight is 453 g/mol. The summed E-state index contributed by atoms with van der Waals surface area (Å²) in [6.07, 6.45) is -10.1. The molecule has 0 aliphatic rings. The van der Waals surface area contributed by atoms with Crippen LogP contribution in [0.25, 0.3) is 0 Å². The lowest BCUT2D eigenvalue weighted by Gasteiger charge is -2.16. The van der Waals surface area contributed by atoms with E-state index in [1.54, 1.807) is 0 Å². The van der Waals surface area contributed by atoms with E-state index in [4.69, 9.17) is 18.9 Å². The topological polar surface area (TPSA) is 66.0 Å². The van der Waals surface area contributed by atoms with Crippen molar-refractivity contribution >= 4 is 11.6 Å². The Morgan fingerprint density at radius 2 is 1.29 bits per heavy atom. The minimum Gasteiger partial charge on any atom is -0.493 e. The van der Waals surface area contributed by atoms with Gasteiger partial charge < -0.3 is 24.3 Å². The number of halogens is 6. The average Bonchev–Trinajstić information content (AvgIpc) is 2.69. The molecule has 0 spiro atoms. The minimum absolute atomic E-state index is 0.0388. The molecule has 0 saturated heterocycles. The molecule has 0 aliphatic heterocycles. The Labute approximate surface area is 172 Å². The molecule has 2 rings (SSSR count). The highest BCUT2D eigenvalue weighted by Crippen LogP contribution is 2.40. The first-order valence-electron chi connectivity index (χ1n) is 8.41. The maximum Gasteiger partial charge on any atom is 0.416 e. The zero-order valence-electron chi connectivity index (χ0n) is 16.4. The molecule has 6 nitrogen and oxygen atoms in total. The smallest absolute Gasteiger partial charge is 0.416 e. The summed E-state index contributed by atoms with van der Waals surface area (Å²) in [5.74, 6) is -0.929. The molecule has 170 valence electrons. The summed E-state index contributed by atoms with van der Waals surface area (Å²) < 4.78 is 97.6. The van der Waals surface area contributed by atoms with Gasteiger partial charge in [0.05, 0.1) is 32.5 Å². The van der Waals surface area contributed by atoms with Crippen LogP contribution in [0.3, 0.4) is 0 Å². The molecule has 0 unspecified atom stereocenters. The van der Waals surface area contributed by atoms with Gasteiger partial charge in [-0.3, -0.25) is 4.79 Å². The second-order valence-electron chi connectivity index (χ2n) is 5.99. The Kier molecular flexibility index (Phi) is 7.13. The monoisotopic (exact) mass is 453 g/mol. The van der Waals surface area contributed by atoms with Gasteiger partial charge in [0, 0.05) is 17.8 Å². The summed E-state index contributed by atoms with van der Waals surface area (Å²) in [5, 5.41) is 2.38. The molecule has 0 aliphatic carbocycles. The Bertz CT molecular complexity index is 885. The van der Waals surface area contributed by atoms with E-state index in [9.17, 15) is 31.1 Å². The number of hydrogen-bond donors (Lipinski definition) is 1. The van der Waals surface area contributed by atoms with Crippen molar-refractivity contribution in [1.29, 1.82) is 0 Å². The molecule has 0 radical (unpaired) electrons. The SMILES string of the molecule is COc1cc(NC(=O)COc2cc(C(F)(F)F)cc(C(F)(F)F)c2)cc(OC)c1OC. The molecule has 1 amide bonds. The third-order valence-electron chi connectivity index (χ3n) is 3.88. The Morgan fingerprint density at radius 1 is 0.806 bits per heavy atom. The predicted octanol–water partition coefficient (Wildman–Crippen LogP) is 4.77. The van der Waals surface area contributed by atoms with E-state index in [0.29, 0.717) is 12.1 Å². The van der Waals surface area contributed by atoms with Crippen molar-refractivity contribution in [1.82, 2.24) is 0 Å². The summed E-state index contributed by atoms with van der Waals surface area (Å²) in [5.41, 5.74) is -2.94. The lowest BCUT2D eigenvalue weighted by Crippen LogP contribution is -2.21. The van der Waals surface area contributed by atoms with Crippen LogP contribution >= 0.6 is 0 Å². The molecule has 0 fully saturated rings. The number of benzene rings is 2. The molecular weight excluding hydrogens is 436 g/mol. The third kappa shape index (κ3) is 6.09. The molecular formula is C19H17F6NO5. The molecule has 0 atom stereocenters. The zero-order valence-corrected chi connectivity index (χ0v) is 16.4. The predicted molar refractivity (Wildman–Crippen MR) is 96.7 cm³/mol. The highest BCUT2D eigenvalue weighted by molar-refractivity contribution is 5.92. The van der Waals surface area contributed by atoms with E-state index in [1.165, 1.54) is 33.5 Å². The number of amides is 1. The minimum atomic E-state index is -5.03. The van der Waals surface area contributed by atoms with E-state index in [2.05, 4.69) is 5.32 Å². The normalized spacial score (nSPS) is 11.6. The van der Waals surface area contributed by atoms with Gasteiger partial charge in [-0.15, -0.1) is 0 Å². The van der Waals surface area contributed by atoms with E-state index in [-0.39, 0.29) is 29.0 Å². The van der Waals surface area contributed by atoms with Crippen molar-refractivity contribution < 1.29 is 50.1 Å². The fourth-order valence-electron chi connectivity index (χ4n) is 2.51. The largest absolute Gasteiger partial charge is 0.493 e. The number of rotatable bonds is 7. The van der Waals surface area contributed by atoms with Crippen molar-refractivity contribution in [2.45, 2.75) is 12.4 Å². The maximum absolute atomic E-state index is 12.9. The number of ether oxygens (including phenoxy) is 4. The number of carbonyl (C=O) groups is 1. The molecule has 12 heteroatoms. The fourth-order valence-corrected chi connectivity index (χ4v) is 2.51. The number of carbonyl (C=O) groups excluding carboxylic acids is 1. The fraction of sp³-hybridized carbons (Fsp3) is 0.316. The molecule has 1 N–H and O–H groups in total. The Balaban J connectivity index is 2.20. The first kappa shape index (κ1) is 24.0. The van der Waals surface area contributed by atoms with Crippen LogP contribution in [0.5, 0.6) is 23.0 Å². The first-order chi connectivity index (χ1) is 14.4. The number of methoxy groups -OCH3 is 3. The number of anilines is 1. The van der Waals surface area contributed by atoms with Gasteiger partial charge >= 0.3 is 12.4 Å². The third-order valence-corrected chi connectivity index (χ3v) is 3.88. The van der Waals surface area contributed by atoms with Gasteiger partial charge in [-0.25, -0.2) is 0 Å². The Hall–Kier alpha value is -3.31. The summed E-state index contributed by atoms with van der Waals surface area (Å²) >= 11 is 0. The van der Waals surface area contributed by atoms with Gasteiger partial charge in [0.1, 0.15) is 5.75 Å². The van der Waals surface area contributed by atoms with Crippen LogP contribution in [-0.2, 0) is 17.1 Å². The van der Waals surface area contributed by atoms with Crippen LogP contribution in [0.2, 0.25) is 0 Å². The highest BCUT2D eigenvalue weighted by atomic mass is 19.4. The van der Waals surface area contributed by atoms with E-state index < -0.39 is 41.7 Å². The molecule has 31 heavy (non-hydrogen) atoms. The maximum atomic E-state index is 12.9. The Morgan fingerprint density at radius 3 is 1.68 bits per heavy atom. The van der Waals surface area contributed by atoms with Gasteiger partial charge in [-0.1, -0.05) is 0 Å². The summed E-state index contributed by atoms with van der Waals surface area (Å²) in [7, 11) is 4.06. The lowest BCUT2D eigenvalue weighted by molar-refractivity contribution is -0.143. The molecule has 0 heterocycles. The summed E-state index contributed by atoms with van der Waals surface area (Å²) in [6.45, 7) is -0.852. The van der Waals surface area contributed by atoms with Crippen molar-refractivity contribution in [3.05, 3.63) is 41.5 Å². The van der Waals surface area contributed by atoms with Gasteiger partial charge in [-0.05, 0) is 18.2 Å². The summed E-state index contributed by atoms with van der Waals surface area (Å²) in [6, 6.07) is 3.48. The van der Waals surface area contributed by atoms with Crippen LogP contribution < -0.4 is 24.3 Å². The first-order valence-corrected chi connectivity index (χ1v) is 8.41.